The van der Waals surface area contributed by atoms with Crippen LogP contribution >= 0.6 is 11.6 Å². The van der Waals surface area contributed by atoms with Crippen molar-refractivity contribution in [3.8, 4) is 0 Å². The van der Waals surface area contributed by atoms with Gasteiger partial charge in [0.05, 0.1) is 10.6 Å². The van der Waals surface area contributed by atoms with Crippen molar-refractivity contribution in [1.29, 1.82) is 0 Å². The first-order chi connectivity index (χ1) is 19.6. The maximum Gasteiger partial charge on any atom is 0.264 e. The zero-order chi connectivity index (χ0) is 29.6. The zero-order valence-corrected chi connectivity index (χ0v) is 25.4. The van der Waals surface area contributed by atoms with Gasteiger partial charge in [-0.1, -0.05) is 85.0 Å². The Hall–Kier alpha value is -3.36. The SMILES string of the molecule is CCC(C(=O)NC1CCCC1)N(Cc1ccc(C)cc1)C(=O)CN(c1cccc(Cl)c1)S(=O)(=O)c1ccc(C)cc1. The second-order valence-corrected chi connectivity index (χ2v) is 13.0. The molecule has 1 aliphatic carbocycles. The molecular weight excluding hydrogens is 558 g/mol. The van der Waals surface area contributed by atoms with Gasteiger partial charge in [0, 0.05) is 17.6 Å². The average Bonchev–Trinajstić information content (AvgIpc) is 3.45. The number of benzene rings is 3. The summed E-state index contributed by atoms with van der Waals surface area (Å²) in [6.07, 6.45) is 4.37. The largest absolute Gasteiger partial charge is 0.352 e. The number of sulfonamides is 1. The summed E-state index contributed by atoms with van der Waals surface area (Å²) >= 11 is 6.25. The summed E-state index contributed by atoms with van der Waals surface area (Å²) in [5, 5.41) is 3.48. The number of carbonyl (C=O) groups is 2. The fourth-order valence-corrected chi connectivity index (χ4v) is 6.77. The van der Waals surface area contributed by atoms with E-state index in [1.165, 1.54) is 23.1 Å². The van der Waals surface area contributed by atoms with Crippen LogP contribution in [-0.2, 0) is 26.2 Å². The number of nitrogens with one attached hydrogen (secondary N) is 1. The highest BCUT2D eigenvalue weighted by Crippen LogP contribution is 2.27. The number of anilines is 1. The van der Waals surface area contributed by atoms with E-state index in [2.05, 4.69) is 5.32 Å². The van der Waals surface area contributed by atoms with Crippen LogP contribution in [0.25, 0.3) is 0 Å². The van der Waals surface area contributed by atoms with Gasteiger partial charge in [-0.3, -0.25) is 13.9 Å². The molecule has 1 atom stereocenters. The molecule has 0 heterocycles. The fraction of sp³-hybridized carbons (Fsp3) is 0.375. The number of hydrogen-bond donors (Lipinski definition) is 1. The second-order valence-electron chi connectivity index (χ2n) is 10.7. The molecule has 1 fully saturated rings. The van der Waals surface area contributed by atoms with Gasteiger partial charge in [0.1, 0.15) is 12.6 Å². The van der Waals surface area contributed by atoms with E-state index in [4.69, 9.17) is 11.6 Å². The Morgan fingerprint density at radius 3 is 2.15 bits per heavy atom. The first kappa shape index (κ1) is 30.6. The van der Waals surface area contributed by atoms with Crippen LogP contribution in [0, 0.1) is 13.8 Å². The highest BCUT2D eigenvalue weighted by atomic mass is 35.5. The molecule has 3 aromatic carbocycles. The van der Waals surface area contributed by atoms with Gasteiger partial charge in [-0.05, 0) is 69.0 Å². The lowest BCUT2D eigenvalue weighted by molar-refractivity contribution is -0.140. The Morgan fingerprint density at radius 2 is 1.56 bits per heavy atom. The third kappa shape index (κ3) is 7.68. The van der Waals surface area contributed by atoms with Gasteiger partial charge in [-0.25, -0.2) is 8.42 Å². The summed E-state index contributed by atoms with van der Waals surface area (Å²) in [7, 11) is -4.14. The Morgan fingerprint density at radius 1 is 0.951 bits per heavy atom. The predicted molar refractivity (Wildman–Crippen MR) is 163 cm³/mol. The van der Waals surface area contributed by atoms with Crippen molar-refractivity contribution in [2.24, 2.45) is 0 Å². The van der Waals surface area contributed by atoms with E-state index in [0.717, 1.165) is 46.7 Å². The number of amides is 2. The van der Waals surface area contributed by atoms with E-state index in [1.54, 1.807) is 30.3 Å². The molecule has 0 radical (unpaired) electrons. The Balaban J connectivity index is 1.71. The molecule has 0 aliphatic heterocycles. The molecule has 1 aliphatic rings. The highest BCUT2D eigenvalue weighted by Gasteiger charge is 2.34. The minimum absolute atomic E-state index is 0.0620. The van der Waals surface area contributed by atoms with E-state index in [9.17, 15) is 18.0 Å². The summed E-state index contributed by atoms with van der Waals surface area (Å²) in [6, 6.07) is 20.0. The van der Waals surface area contributed by atoms with E-state index in [1.807, 2.05) is 45.0 Å². The molecule has 1 saturated carbocycles. The second kappa shape index (κ2) is 13.5. The summed E-state index contributed by atoms with van der Waals surface area (Å²) in [5.41, 5.74) is 3.11. The number of halogens is 1. The van der Waals surface area contributed by atoms with Crippen LogP contribution in [0.2, 0.25) is 5.02 Å². The molecule has 0 saturated heterocycles. The molecule has 218 valence electrons. The van der Waals surface area contributed by atoms with Gasteiger partial charge in [-0.2, -0.15) is 0 Å². The molecule has 41 heavy (non-hydrogen) atoms. The van der Waals surface area contributed by atoms with E-state index in [0.29, 0.717) is 11.4 Å². The van der Waals surface area contributed by atoms with Gasteiger partial charge in [-0.15, -0.1) is 0 Å². The molecule has 7 nitrogen and oxygen atoms in total. The monoisotopic (exact) mass is 595 g/mol. The third-order valence-electron chi connectivity index (χ3n) is 7.55. The van der Waals surface area contributed by atoms with Crippen molar-refractivity contribution in [2.75, 3.05) is 10.8 Å². The van der Waals surface area contributed by atoms with Gasteiger partial charge >= 0.3 is 0 Å². The van der Waals surface area contributed by atoms with Crippen LogP contribution in [0.3, 0.4) is 0 Å². The number of hydrogen-bond acceptors (Lipinski definition) is 4. The summed E-state index contributed by atoms with van der Waals surface area (Å²) in [4.78, 5) is 29.3. The zero-order valence-electron chi connectivity index (χ0n) is 23.8. The lowest BCUT2D eigenvalue weighted by atomic mass is 10.1. The molecule has 4 rings (SSSR count). The molecule has 3 aromatic rings. The fourth-order valence-electron chi connectivity index (χ4n) is 5.17. The average molecular weight is 596 g/mol. The first-order valence-corrected chi connectivity index (χ1v) is 15.9. The quantitative estimate of drug-likeness (QED) is 0.294. The smallest absolute Gasteiger partial charge is 0.264 e. The molecule has 2 amide bonds. The van der Waals surface area contributed by atoms with Gasteiger partial charge < -0.3 is 10.2 Å². The van der Waals surface area contributed by atoms with Crippen LogP contribution in [0.5, 0.6) is 0 Å². The van der Waals surface area contributed by atoms with Crippen molar-refractivity contribution < 1.29 is 18.0 Å². The number of nitrogens with zero attached hydrogens (tertiary/aromatic N) is 2. The summed E-state index contributed by atoms with van der Waals surface area (Å²) < 4.78 is 29.0. The molecule has 1 N–H and O–H groups in total. The lowest BCUT2D eigenvalue weighted by Gasteiger charge is -2.34. The topological polar surface area (TPSA) is 86.8 Å². The van der Waals surface area contributed by atoms with E-state index < -0.39 is 28.5 Å². The van der Waals surface area contributed by atoms with Gasteiger partial charge in [0.2, 0.25) is 11.8 Å². The molecule has 0 bridgehead atoms. The number of rotatable bonds is 11. The van der Waals surface area contributed by atoms with Crippen molar-refractivity contribution in [2.45, 2.75) is 76.4 Å². The van der Waals surface area contributed by atoms with E-state index in [-0.39, 0.29) is 29.1 Å². The van der Waals surface area contributed by atoms with E-state index >= 15 is 0 Å². The summed E-state index contributed by atoms with van der Waals surface area (Å²) in [6.45, 7) is 5.40. The normalized spacial score (nSPS) is 14.4. The van der Waals surface area contributed by atoms with Crippen LogP contribution < -0.4 is 9.62 Å². The molecule has 0 aromatic heterocycles. The minimum Gasteiger partial charge on any atom is -0.352 e. The Bertz CT molecular complexity index is 1450. The Labute approximate surface area is 248 Å². The van der Waals surface area contributed by atoms with Crippen LogP contribution in [-0.4, -0.2) is 43.8 Å². The van der Waals surface area contributed by atoms with Crippen LogP contribution in [0.15, 0.2) is 77.7 Å². The molecule has 1 unspecified atom stereocenters. The lowest BCUT2D eigenvalue weighted by Crippen LogP contribution is -2.53. The molecule has 9 heteroatoms. The van der Waals surface area contributed by atoms with Crippen LogP contribution in [0.1, 0.15) is 55.7 Å². The van der Waals surface area contributed by atoms with Gasteiger partial charge in [0.25, 0.3) is 10.0 Å². The number of carbonyl (C=O) groups excluding carboxylic acids is 2. The summed E-state index contributed by atoms with van der Waals surface area (Å²) in [5.74, 6) is -0.690. The molecule has 0 spiro atoms. The van der Waals surface area contributed by atoms with Crippen molar-refractivity contribution >= 4 is 39.1 Å². The van der Waals surface area contributed by atoms with Crippen LogP contribution in [0.4, 0.5) is 5.69 Å². The maximum atomic E-state index is 14.2. The van der Waals surface area contributed by atoms with Crippen molar-refractivity contribution in [1.82, 2.24) is 10.2 Å². The molecular formula is C32H38ClN3O4S. The minimum atomic E-state index is -4.14. The predicted octanol–water partition coefficient (Wildman–Crippen LogP) is 6.02. The number of aryl methyl sites for hydroxylation is 2. The Kier molecular flexibility index (Phi) is 10.1. The van der Waals surface area contributed by atoms with Crippen molar-refractivity contribution in [3.63, 3.8) is 0 Å². The van der Waals surface area contributed by atoms with Crippen molar-refractivity contribution in [3.05, 3.63) is 94.5 Å². The first-order valence-electron chi connectivity index (χ1n) is 14.1. The third-order valence-corrected chi connectivity index (χ3v) is 9.57. The highest BCUT2D eigenvalue weighted by molar-refractivity contribution is 7.92. The standard InChI is InChI=1S/C32H38ClN3O4S/c1-4-30(32(38)34-27-9-5-6-10-27)35(21-25-16-12-23(2)13-17-25)31(37)22-36(28-11-7-8-26(33)20-28)41(39,40)29-18-14-24(3)15-19-29/h7-8,11-20,27,30H,4-6,9-10,21-22H2,1-3H3,(H,34,38). The van der Waals surface area contributed by atoms with Gasteiger partial charge in [0.15, 0.2) is 0 Å². The maximum absolute atomic E-state index is 14.2.